The molecule has 6 nitrogen and oxygen atoms in total. The average molecular weight is 343 g/mol. The smallest absolute Gasteiger partial charge is 0.354 e. The van der Waals surface area contributed by atoms with Gasteiger partial charge in [-0.15, -0.1) is 0 Å². The number of nitrogens with zero attached hydrogens (tertiary/aromatic N) is 4. The lowest BCUT2D eigenvalue weighted by Crippen LogP contribution is -2.02. The molecule has 1 N–H and O–H groups in total. The van der Waals surface area contributed by atoms with Crippen molar-refractivity contribution in [1.29, 1.82) is 5.26 Å². The van der Waals surface area contributed by atoms with E-state index in [-0.39, 0.29) is 5.69 Å². The number of nitriles is 1. The van der Waals surface area contributed by atoms with Crippen LogP contribution < -0.4 is 0 Å². The highest BCUT2D eigenvalue weighted by Crippen LogP contribution is 2.30. The highest BCUT2D eigenvalue weighted by atomic mass is 79.9. The fourth-order valence-electron chi connectivity index (χ4n) is 1.94. The van der Waals surface area contributed by atoms with Crippen LogP contribution in [0.15, 0.2) is 41.0 Å². The standard InChI is InChI=1S/C14H7BrN4O2/c15-11-12(9-3-1-2-8(6-9)7-16)18-19-5-4-10(14(20)21)17-13(11)19/h1-6H,(H,20,21). The third-order valence-electron chi connectivity index (χ3n) is 2.91. The van der Waals surface area contributed by atoms with Crippen LogP contribution in [0, 0.1) is 11.3 Å². The molecule has 0 aliphatic carbocycles. The maximum absolute atomic E-state index is 11.0. The Morgan fingerprint density at radius 1 is 1.38 bits per heavy atom. The van der Waals surface area contributed by atoms with Gasteiger partial charge in [-0.1, -0.05) is 12.1 Å². The summed E-state index contributed by atoms with van der Waals surface area (Å²) in [7, 11) is 0. The minimum atomic E-state index is -1.10. The number of rotatable bonds is 2. The van der Waals surface area contributed by atoms with E-state index in [1.165, 1.54) is 16.8 Å². The number of hydrogen-bond acceptors (Lipinski definition) is 4. The summed E-state index contributed by atoms with van der Waals surface area (Å²) in [5, 5.41) is 22.3. The molecular weight excluding hydrogens is 336 g/mol. The predicted octanol–water partition coefficient (Wildman–Crippen LogP) is 2.73. The van der Waals surface area contributed by atoms with E-state index in [4.69, 9.17) is 10.4 Å². The molecule has 0 aliphatic rings. The van der Waals surface area contributed by atoms with Gasteiger partial charge in [-0.3, -0.25) is 0 Å². The number of halogens is 1. The van der Waals surface area contributed by atoms with Crippen LogP contribution in [-0.4, -0.2) is 25.7 Å². The van der Waals surface area contributed by atoms with Crippen LogP contribution in [0.3, 0.4) is 0 Å². The van der Waals surface area contributed by atoms with Gasteiger partial charge in [0.15, 0.2) is 11.3 Å². The van der Waals surface area contributed by atoms with Crippen LogP contribution in [-0.2, 0) is 0 Å². The molecule has 0 unspecified atom stereocenters. The fourth-order valence-corrected chi connectivity index (χ4v) is 2.52. The first-order valence-electron chi connectivity index (χ1n) is 5.89. The van der Waals surface area contributed by atoms with Gasteiger partial charge in [-0.25, -0.2) is 14.3 Å². The molecule has 3 rings (SSSR count). The van der Waals surface area contributed by atoms with Crippen molar-refractivity contribution in [1.82, 2.24) is 14.6 Å². The zero-order chi connectivity index (χ0) is 15.0. The summed E-state index contributed by atoms with van der Waals surface area (Å²) in [5.74, 6) is -1.10. The molecule has 0 radical (unpaired) electrons. The Kier molecular flexibility index (Phi) is 3.16. The van der Waals surface area contributed by atoms with E-state index in [0.29, 0.717) is 21.4 Å². The van der Waals surface area contributed by atoms with E-state index in [2.05, 4.69) is 32.1 Å². The summed E-state index contributed by atoms with van der Waals surface area (Å²) in [6.45, 7) is 0. The second-order valence-electron chi connectivity index (χ2n) is 4.24. The molecule has 0 saturated heterocycles. The van der Waals surface area contributed by atoms with Crippen molar-refractivity contribution in [3.63, 3.8) is 0 Å². The van der Waals surface area contributed by atoms with Gasteiger partial charge in [-0.2, -0.15) is 10.4 Å². The third kappa shape index (κ3) is 2.26. The molecule has 2 heterocycles. The van der Waals surface area contributed by atoms with Crippen molar-refractivity contribution in [3.8, 4) is 17.3 Å². The second-order valence-corrected chi connectivity index (χ2v) is 5.03. The van der Waals surface area contributed by atoms with Crippen molar-refractivity contribution >= 4 is 27.5 Å². The topological polar surface area (TPSA) is 91.3 Å². The number of benzene rings is 1. The first kappa shape index (κ1) is 13.3. The number of aromatic carboxylic acids is 1. The van der Waals surface area contributed by atoms with Gasteiger partial charge in [0, 0.05) is 11.8 Å². The van der Waals surface area contributed by atoms with Gasteiger partial charge in [-0.05, 0) is 34.1 Å². The van der Waals surface area contributed by atoms with Crippen LogP contribution in [0.2, 0.25) is 0 Å². The van der Waals surface area contributed by atoms with Gasteiger partial charge in [0.1, 0.15) is 5.69 Å². The molecule has 0 amide bonds. The highest BCUT2D eigenvalue weighted by Gasteiger charge is 2.15. The van der Waals surface area contributed by atoms with E-state index in [1.807, 2.05) is 6.07 Å². The van der Waals surface area contributed by atoms with E-state index in [9.17, 15) is 4.79 Å². The molecule has 7 heteroatoms. The number of carboxylic acid groups (broad SMARTS) is 1. The maximum Gasteiger partial charge on any atom is 0.354 e. The average Bonchev–Trinajstić information content (AvgIpc) is 2.84. The first-order chi connectivity index (χ1) is 10.1. The molecule has 0 aliphatic heterocycles. The Morgan fingerprint density at radius 3 is 2.90 bits per heavy atom. The van der Waals surface area contributed by atoms with E-state index >= 15 is 0 Å². The van der Waals surface area contributed by atoms with E-state index in [1.54, 1.807) is 18.2 Å². The lowest BCUT2D eigenvalue weighted by Gasteiger charge is -1.97. The van der Waals surface area contributed by atoms with Gasteiger partial charge in [0.2, 0.25) is 0 Å². The quantitative estimate of drug-likeness (QED) is 0.772. The Hall–Kier alpha value is -2.72. The first-order valence-corrected chi connectivity index (χ1v) is 6.68. The van der Waals surface area contributed by atoms with Crippen molar-refractivity contribution in [2.45, 2.75) is 0 Å². The number of aromatic nitrogens is 3. The van der Waals surface area contributed by atoms with Crippen LogP contribution in [0.4, 0.5) is 0 Å². The van der Waals surface area contributed by atoms with Crippen molar-refractivity contribution in [2.75, 3.05) is 0 Å². The summed E-state index contributed by atoms with van der Waals surface area (Å²) in [6.07, 6.45) is 1.54. The summed E-state index contributed by atoms with van der Waals surface area (Å²) >= 11 is 3.40. The Balaban J connectivity index is 2.22. The van der Waals surface area contributed by atoms with Gasteiger partial charge in [0.05, 0.1) is 16.1 Å². The van der Waals surface area contributed by atoms with Crippen LogP contribution >= 0.6 is 15.9 Å². The molecule has 3 aromatic rings. The summed E-state index contributed by atoms with van der Waals surface area (Å²) in [4.78, 5) is 15.0. The largest absolute Gasteiger partial charge is 0.477 e. The molecule has 21 heavy (non-hydrogen) atoms. The van der Waals surface area contributed by atoms with E-state index in [0.717, 1.165) is 5.56 Å². The lowest BCUT2D eigenvalue weighted by atomic mass is 10.1. The zero-order valence-corrected chi connectivity index (χ0v) is 12.1. The monoisotopic (exact) mass is 342 g/mol. The maximum atomic E-state index is 11.0. The third-order valence-corrected chi connectivity index (χ3v) is 3.64. The lowest BCUT2D eigenvalue weighted by molar-refractivity contribution is 0.0690. The fraction of sp³-hybridized carbons (Fsp3) is 0. The molecule has 1 aromatic carbocycles. The molecule has 0 fully saturated rings. The minimum Gasteiger partial charge on any atom is -0.477 e. The van der Waals surface area contributed by atoms with E-state index < -0.39 is 5.97 Å². The molecule has 0 bridgehead atoms. The number of fused-ring (bicyclic) bond motifs is 1. The normalized spacial score (nSPS) is 10.5. The second kappa shape index (κ2) is 5.00. The van der Waals surface area contributed by atoms with Crippen molar-refractivity contribution in [3.05, 3.63) is 52.3 Å². The van der Waals surface area contributed by atoms with Crippen LogP contribution in [0.5, 0.6) is 0 Å². The van der Waals surface area contributed by atoms with Gasteiger partial charge >= 0.3 is 5.97 Å². The molecule has 0 spiro atoms. The van der Waals surface area contributed by atoms with Gasteiger partial charge in [0.25, 0.3) is 0 Å². The highest BCUT2D eigenvalue weighted by molar-refractivity contribution is 9.10. The Bertz CT molecular complexity index is 911. The summed E-state index contributed by atoms with van der Waals surface area (Å²) < 4.78 is 2.07. The summed E-state index contributed by atoms with van der Waals surface area (Å²) in [5.41, 5.74) is 2.23. The minimum absolute atomic E-state index is 0.0552. The number of hydrogen-bond donors (Lipinski definition) is 1. The molecule has 102 valence electrons. The molecule has 0 atom stereocenters. The molecular formula is C14H7BrN4O2. The number of carboxylic acids is 1. The molecule has 2 aromatic heterocycles. The van der Waals surface area contributed by atoms with Crippen molar-refractivity contribution < 1.29 is 9.90 Å². The number of carbonyl (C=O) groups is 1. The predicted molar refractivity (Wildman–Crippen MR) is 77.8 cm³/mol. The van der Waals surface area contributed by atoms with Crippen LogP contribution in [0.25, 0.3) is 16.9 Å². The SMILES string of the molecule is N#Cc1cccc(-c2nn3ccc(C(=O)O)nc3c2Br)c1. The van der Waals surface area contributed by atoms with Crippen LogP contribution in [0.1, 0.15) is 16.1 Å². The Morgan fingerprint density at radius 2 is 2.19 bits per heavy atom. The zero-order valence-electron chi connectivity index (χ0n) is 10.5. The Labute approximate surface area is 127 Å². The summed E-state index contributed by atoms with van der Waals surface area (Å²) in [6, 6.07) is 10.5. The molecule has 0 saturated carbocycles. The van der Waals surface area contributed by atoms with Crippen molar-refractivity contribution in [2.24, 2.45) is 0 Å². The van der Waals surface area contributed by atoms with Gasteiger partial charge < -0.3 is 5.11 Å².